The van der Waals surface area contributed by atoms with E-state index in [1.54, 1.807) is 6.20 Å². The van der Waals surface area contributed by atoms with Crippen molar-refractivity contribution in [2.75, 3.05) is 0 Å². The highest BCUT2D eigenvalue weighted by molar-refractivity contribution is 5.98. The molecule has 0 atom stereocenters. The van der Waals surface area contributed by atoms with Crippen molar-refractivity contribution in [2.24, 2.45) is 7.05 Å². The molecule has 3 heterocycles. The number of hydrogen-bond acceptors (Lipinski definition) is 2. The first kappa shape index (κ1) is 12.8. The van der Waals surface area contributed by atoms with E-state index in [2.05, 4.69) is 38.9 Å². The molecule has 0 spiro atoms. The number of aldehydes is 1. The fraction of sp³-hybridized carbons (Fsp3) is 0.111. The molecule has 4 rings (SSSR count). The number of fused-ring (bicyclic) bond motifs is 2. The lowest BCUT2D eigenvalue weighted by Gasteiger charge is -2.00. The Bertz CT molecular complexity index is 961. The van der Waals surface area contributed by atoms with Crippen molar-refractivity contribution < 1.29 is 4.79 Å². The van der Waals surface area contributed by atoms with Gasteiger partial charge in [0.25, 0.3) is 0 Å². The van der Waals surface area contributed by atoms with Gasteiger partial charge in [0, 0.05) is 53.4 Å². The zero-order valence-electron chi connectivity index (χ0n) is 12.2. The first-order chi connectivity index (χ1) is 10.8. The molecule has 0 aliphatic carbocycles. The first-order valence-corrected chi connectivity index (χ1v) is 7.22. The van der Waals surface area contributed by atoms with Gasteiger partial charge in [0.15, 0.2) is 0 Å². The number of hydrogen-bond donors (Lipinski definition) is 1. The summed E-state index contributed by atoms with van der Waals surface area (Å²) in [5, 5.41) is 2.24. The number of H-pyrrole nitrogens is 1. The molecule has 0 fully saturated rings. The molecule has 0 aliphatic rings. The van der Waals surface area contributed by atoms with Crippen molar-refractivity contribution in [3.8, 4) is 11.3 Å². The lowest BCUT2D eigenvalue weighted by molar-refractivity contribution is -0.107. The Labute approximate surface area is 127 Å². The third-order valence-electron chi connectivity index (χ3n) is 4.05. The van der Waals surface area contributed by atoms with E-state index in [1.807, 2.05) is 25.2 Å². The van der Waals surface area contributed by atoms with Gasteiger partial charge in [0.1, 0.15) is 11.9 Å². The standard InChI is InChI=1S/C18H15N3O/c1-21-11-15(14-9-12(6-8-22)4-5-17(14)21)16-10-13-3-2-7-19-18(13)20-16/h2-5,7-11H,6H2,1H3,(H,19,20). The molecular formula is C18H15N3O. The van der Waals surface area contributed by atoms with Crippen molar-refractivity contribution in [3.63, 3.8) is 0 Å². The minimum Gasteiger partial charge on any atom is -0.350 e. The Hall–Kier alpha value is -2.88. The van der Waals surface area contributed by atoms with E-state index in [4.69, 9.17) is 0 Å². The van der Waals surface area contributed by atoms with Crippen molar-refractivity contribution >= 4 is 28.2 Å². The Kier molecular flexibility index (Phi) is 2.82. The van der Waals surface area contributed by atoms with Crippen LogP contribution in [0.5, 0.6) is 0 Å². The monoisotopic (exact) mass is 289 g/mol. The van der Waals surface area contributed by atoms with Crippen LogP contribution in [-0.4, -0.2) is 20.8 Å². The summed E-state index contributed by atoms with van der Waals surface area (Å²) < 4.78 is 2.11. The predicted octanol–water partition coefficient (Wildman–Crippen LogP) is 3.46. The van der Waals surface area contributed by atoms with Crippen LogP contribution in [0.2, 0.25) is 0 Å². The van der Waals surface area contributed by atoms with Crippen LogP contribution < -0.4 is 0 Å². The molecule has 0 saturated carbocycles. The molecule has 0 unspecified atom stereocenters. The number of nitrogens with zero attached hydrogens (tertiary/aromatic N) is 2. The van der Waals surface area contributed by atoms with Crippen LogP contribution in [0.15, 0.2) is 48.8 Å². The highest BCUT2D eigenvalue weighted by atomic mass is 16.1. The van der Waals surface area contributed by atoms with Gasteiger partial charge in [-0.2, -0.15) is 0 Å². The van der Waals surface area contributed by atoms with Crippen LogP contribution in [0.4, 0.5) is 0 Å². The SMILES string of the molecule is Cn1cc(-c2cc3cccnc3[nH]2)c2cc(CC=O)ccc21. The number of carbonyl (C=O) groups excluding carboxylic acids is 1. The molecule has 4 nitrogen and oxygen atoms in total. The second-order valence-electron chi connectivity index (χ2n) is 5.50. The first-order valence-electron chi connectivity index (χ1n) is 7.22. The van der Waals surface area contributed by atoms with Crippen LogP contribution in [0.25, 0.3) is 33.2 Å². The van der Waals surface area contributed by atoms with Crippen molar-refractivity contribution in [1.82, 2.24) is 14.5 Å². The van der Waals surface area contributed by atoms with Crippen LogP contribution in [0.1, 0.15) is 5.56 Å². The molecule has 1 aromatic carbocycles. The number of aromatic nitrogens is 3. The van der Waals surface area contributed by atoms with E-state index in [1.165, 1.54) is 0 Å². The minimum absolute atomic E-state index is 0.443. The summed E-state index contributed by atoms with van der Waals surface area (Å²) in [5.41, 5.74) is 5.24. The van der Waals surface area contributed by atoms with Gasteiger partial charge in [0.2, 0.25) is 0 Å². The van der Waals surface area contributed by atoms with Crippen LogP contribution in [-0.2, 0) is 18.3 Å². The van der Waals surface area contributed by atoms with Crippen molar-refractivity contribution in [2.45, 2.75) is 6.42 Å². The molecule has 0 radical (unpaired) electrons. The van der Waals surface area contributed by atoms with Gasteiger partial charge in [-0.3, -0.25) is 0 Å². The third-order valence-corrected chi connectivity index (χ3v) is 4.05. The Morgan fingerprint density at radius 2 is 2.18 bits per heavy atom. The van der Waals surface area contributed by atoms with Gasteiger partial charge in [-0.15, -0.1) is 0 Å². The molecule has 4 heteroatoms. The maximum atomic E-state index is 10.8. The molecule has 4 aromatic rings. The third kappa shape index (κ3) is 1.92. The number of aromatic amines is 1. The summed E-state index contributed by atoms with van der Waals surface area (Å²) in [5.74, 6) is 0. The molecule has 0 saturated heterocycles. The summed E-state index contributed by atoms with van der Waals surface area (Å²) in [4.78, 5) is 18.5. The normalized spacial score (nSPS) is 11.3. The Morgan fingerprint density at radius 3 is 3.00 bits per heavy atom. The van der Waals surface area contributed by atoms with E-state index in [0.29, 0.717) is 6.42 Å². The van der Waals surface area contributed by atoms with Gasteiger partial charge in [-0.1, -0.05) is 6.07 Å². The zero-order chi connectivity index (χ0) is 15.1. The number of pyridine rings is 1. The minimum atomic E-state index is 0.443. The lowest BCUT2D eigenvalue weighted by atomic mass is 10.1. The molecule has 22 heavy (non-hydrogen) atoms. The molecular weight excluding hydrogens is 274 g/mol. The van der Waals surface area contributed by atoms with Crippen molar-refractivity contribution in [3.05, 3.63) is 54.4 Å². The van der Waals surface area contributed by atoms with Gasteiger partial charge in [0.05, 0.1) is 0 Å². The largest absolute Gasteiger partial charge is 0.350 e. The maximum absolute atomic E-state index is 10.8. The molecule has 1 N–H and O–H groups in total. The quantitative estimate of drug-likeness (QED) is 0.587. The number of benzene rings is 1. The summed E-state index contributed by atoms with van der Waals surface area (Å²) in [6.07, 6.45) is 5.28. The molecule has 0 bridgehead atoms. The average molecular weight is 289 g/mol. The highest BCUT2D eigenvalue weighted by Crippen LogP contribution is 2.32. The fourth-order valence-corrected chi connectivity index (χ4v) is 2.98. The van der Waals surface area contributed by atoms with Crippen LogP contribution in [0.3, 0.4) is 0 Å². The molecule has 0 aliphatic heterocycles. The van der Waals surface area contributed by atoms with E-state index in [-0.39, 0.29) is 0 Å². The van der Waals surface area contributed by atoms with E-state index in [0.717, 1.165) is 45.0 Å². The fourth-order valence-electron chi connectivity index (χ4n) is 2.98. The average Bonchev–Trinajstić information content (AvgIpc) is 3.09. The molecule has 108 valence electrons. The molecule has 3 aromatic heterocycles. The Balaban J connectivity index is 1.96. The second kappa shape index (κ2) is 4.84. The smallest absolute Gasteiger partial charge is 0.137 e. The number of carbonyl (C=O) groups is 1. The second-order valence-corrected chi connectivity index (χ2v) is 5.50. The molecule has 0 amide bonds. The van der Waals surface area contributed by atoms with Crippen LogP contribution in [0, 0.1) is 0 Å². The topological polar surface area (TPSA) is 50.7 Å². The predicted molar refractivity (Wildman–Crippen MR) is 87.8 cm³/mol. The summed E-state index contributed by atoms with van der Waals surface area (Å²) in [7, 11) is 2.03. The van der Waals surface area contributed by atoms with Crippen LogP contribution >= 0.6 is 0 Å². The number of rotatable bonds is 3. The number of nitrogens with one attached hydrogen (secondary N) is 1. The lowest BCUT2D eigenvalue weighted by Crippen LogP contribution is -1.87. The van der Waals surface area contributed by atoms with Gasteiger partial charge in [-0.05, 0) is 35.9 Å². The summed E-state index contributed by atoms with van der Waals surface area (Å²) in [6.45, 7) is 0. The van der Waals surface area contributed by atoms with Gasteiger partial charge >= 0.3 is 0 Å². The maximum Gasteiger partial charge on any atom is 0.137 e. The Morgan fingerprint density at radius 1 is 1.27 bits per heavy atom. The summed E-state index contributed by atoms with van der Waals surface area (Å²) >= 11 is 0. The van der Waals surface area contributed by atoms with Crippen molar-refractivity contribution in [1.29, 1.82) is 0 Å². The zero-order valence-corrected chi connectivity index (χ0v) is 12.2. The van der Waals surface area contributed by atoms with Gasteiger partial charge < -0.3 is 14.3 Å². The van der Waals surface area contributed by atoms with E-state index >= 15 is 0 Å². The van der Waals surface area contributed by atoms with Gasteiger partial charge in [-0.25, -0.2) is 4.98 Å². The highest BCUT2D eigenvalue weighted by Gasteiger charge is 2.12. The summed E-state index contributed by atoms with van der Waals surface area (Å²) in [6, 6.07) is 12.3. The van der Waals surface area contributed by atoms with E-state index in [9.17, 15) is 4.79 Å². The van der Waals surface area contributed by atoms with E-state index < -0.39 is 0 Å². The number of aryl methyl sites for hydroxylation is 1.